The van der Waals surface area contributed by atoms with Gasteiger partial charge in [0.05, 0.1) is 0 Å². The van der Waals surface area contributed by atoms with E-state index in [-0.39, 0.29) is 27.6 Å². The fourth-order valence-corrected chi connectivity index (χ4v) is 18.4. The number of benzene rings is 9. The molecule has 365 valence electrons. The van der Waals surface area contributed by atoms with Crippen molar-refractivity contribution >= 4 is 135 Å². The van der Waals surface area contributed by atoms with Crippen molar-refractivity contribution in [3.05, 3.63) is 178 Å². The largest absolute Gasteiger partial charge is 0.354 e. The monoisotopic (exact) mass is 1020 g/mol. The maximum Gasteiger partial charge on any atom is 0.193 e. The van der Waals surface area contributed by atoms with Crippen LogP contribution in [0.25, 0.3) is 93.5 Å². The van der Waals surface area contributed by atoms with E-state index in [1.165, 1.54) is 180 Å². The molecule has 0 fully saturated rings. The summed E-state index contributed by atoms with van der Waals surface area (Å²) < 4.78 is 8.24. The first-order valence-corrected chi connectivity index (χ1v) is 29.8. The number of hydrogen-bond donors (Lipinski definition) is 1. The van der Waals surface area contributed by atoms with Crippen LogP contribution >= 0.6 is 34.0 Å². The second-order valence-corrected chi connectivity index (χ2v) is 28.7. The van der Waals surface area contributed by atoms with Gasteiger partial charge in [-0.15, -0.1) is 34.0 Å². The van der Waals surface area contributed by atoms with Crippen LogP contribution in [0.3, 0.4) is 0 Å². The van der Waals surface area contributed by atoms with E-state index in [1.54, 1.807) is 0 Å². The van der Waals surface area contributed by atoms with Gasteiger partial charge in [0.1, 0.15) is 0 Å². The van der Waals surface area contributed by atoms with Crippen LogP contribution in [-0.4, -0.2) is 7.28 Å². The molecule has 1 aliphatic heterocycles. The van der Waals surface area contributed by atoms with Crippen LogP contribution in [0.4, 0.5) is 11.4 Å². The van der Waals surface area contributed by atoms with Gasteiger partial charge in [0.2, 0.25) is 0 Å². The van der Waals surface area contributed by atoms with Crippen LogP contribution in [0, 0.1) is 0 Å². The molecule has 5 heteroatoms. The molecule has 0 bridgehead atoms. The van der Waals surface area contributed by atoms with E-state index in [4.69, 9.17) is 0 Å². The Balaban J connectivity index is 1.00. The van der Waals surface area contributed by atoms with Gasteiger partial charge in [-0.2, -0.15) is 0 Å². The maximum atomic E-state index is 4.33. The van der Waals surface area contributed by atoms with E-state index in [0.717, 1.165) is 6.42 Å². The molecule has 12 aromatic rings. The van der Waals surface area contributed by atoms with Gasteiger partial charge in [-0.3, -0.25) is 0 Å². The smallest absolute Gasteiger partial charge is 0.193 e. The van der Waals surface area contributed by atoms with Crippen molar-refractivity contribution in [1.29, 1.82) is 0 Å². The topological polar surface area (TPSA) is 12.0 Å². The van der Waals surface area contributed by atoms with E-state index in [0.29, 0.717) is 0 Å². The van der Waals surface area contributed by atoms with E-state index in [1.807, 2.05) is 34.0 Å². The van der Waals surface area contributed by atoms with E-state index in [9.17, 15) is 0 Å². The lowest BCUT2D eigenvalue weighted by molar-refractivity contribution is 0.332. The minimum Gasteiger partial charge on any atom is -0.354 e. The Kier molecular flexibility index (Phi) is 9.15. The van der Waals surface area contributed by atoms with Gasteiger partial charge in [0.25, 0.3) is 0 Å². The minimum absolute atomic E-state index is 0.0768. The van der Waals surface area contributed by atoms with Crippen molar-refractivity contribution in [2.45, 2.75) is 115 Å². The third-order valence-electron chi connectivity index (χ3n) is 19.2. The summed E-state index contributed by atoms with van der Waals surface area (Å²) in [5.41, 5.74) is 21.5. The molecular formula is C70H59BNS3. The standard InChI is InChI=1S/C70H59BNS3/c1-67(2)25-27-69(5,6)50-35-58-44(33-48(50)67)61-53(20-14-22-56(61)73-58)72-54-23-24-57-63(45-34-49-51(36-59(45)74-57)70(7,8)28-26-68(49,3)4)62(54)47-32-43-40-17-11-12-21-55(40)75-66(43)64-46-31-39-29-37-15-9-10-16-38(37)30-42(39)41-18-13-19-52(60(41)46)71-65(47)64/h9-24,29-30,32-36,46,72H,25-28,31H2,1-8H3. The third-order valence-corrected chi connectivity index (χ3v) is 22.6. The quantitative estimate of drug-likeness (QED) is 0.174. The van der Waals surface area contributed by atoms with Gasteiger partial charge >= 0.3 is 0 Å². The summed E-state index contributed by atoms with van der Waals surface area (Å²) in [5.74, 6) is 0.205. The second kappa shape index (κ2) is 15.2. The minimum atomic E-state index is 0.0768. The number of hydrogen-bond acceptors (Lipinski definition) is 4. The number of anilines is 2. The molecule has 4 aliphatic rings. The Morgan fingerprint density at radius 3 is 1.75 bits per heavy atom. The highest BCUT2D eigenvalue weighted by molar-refractivity contribution is 7.27. The van der Waals surface area contributed by atoms with E-state index < -0.39 is 0 Å². The molecule has 3 aliphatic carbocycles. The van der Waals surface area contributed by atoms with Gasteiger partial charge in [0.15, 0.2) is 7.28 Å². The molecular weight excluding hydrogens is 962 g/mol. The molecule has 0 spiro atoms. The summed E-state index contributed by atoms with van der Waals surface area (Å²) in [6.07, 6.45) is 5.76. The zero-order chi connectivity index (χ0) is 50.7. The van der Waals surface area contributed by atoms with Crippen molar-refractivity contribution in [2.75, 3.05) is 5.32 Å². The third kappa shape index (κ3) is 6.35. The predicted molar refractivity (Wildman–Crippen MR) is 331 cm³/mol. The summed E-state index contributed by atoms with van der Waals surface area (Å²) in [5, 5.41) is 15.1. The normalized spacial score (nSPS) is 18.5. The number of rotatable bonds is 3. The first-order chi connectivity index (χ1) is 36.1. The molecule has 75 heavy (non-hydrogen) atoms. The molecule has 1 unspecified atom stereocenters. The molecule has 3 aromatic heterocycles. The summed E-state index contributed by atoms with van der Waals surface area (Å²) in [6, 6.07) is 55.1. The molecule has 4 heterocycles. The van der Waals surface area contributed by atoms with Gasteiger partial charge < -0.3 is 5.32 Å². The Morgan fingerprint density at radius 1 is 0.440 bits per heavy atom. The average molecular weight is 1020 g/mol. The molecule has 9 aromatic carbocycles. The van der Waals surface area contributed by atoms with Crippen LogP contribution in [-0.2, 0) is 28.1 Å². The Labute approximate surface area is 452 Å². The summed E-state index contributed by atoms with van der Waals surface area (Å²) in [6.45, 7) is 19.7. The van der Waals surface area contributed by atoms with Crippen molar-refractivity contribution in [3.63, 3.8) is 0 Å². The molecule has 1 radical (unpaired) electrons. The Morgan fingerprint density at radius 2 is 1.04 bits per heavy atom. The fraction of sp³-hybridized carbons (Fsp3) is 0.257. The molecule has 1 atom stereocenters. The second-order valence-electron chi connectivity index (χ2n) is 25.5. The highest BCUT2D eigenvalue weighted by atomic mass is 32.1. The van der Waals surface area contributed by atoms with Crippen molar-refractivity contribution < 1.29 is 0 Å². The van der Waals surface area contributed by atoms with Crippen LogP contribution in [0.2, 0.25) is 0 Å². The summed E-state index contributed by atoms with van der Waals surface area (Å²) in [4.78, 5) is 0. The lowest BCUT2D eigenvalue weighted by Gasteiger charge is -2.42. The molecule has 16 rings (SSSR count). The molecule has 1 N–H and O–H groups in total. The van der Waals surface area contributed by atoms with Gasteiger partial charge in [-0.1, -0.05) is 139 Å². The van der Waals surface area contributed by atoms with Gasteiger partial charge in [0, 0.05) is 83.4 Å². The van der Waals surface area contributed by atoms with Crippen LogP contribution in [0.1, 0.15) is 126 Å². The molecule has 0 amide bonds. The number of nitrogens with one attached hydrogen (secondary N) is 1. The van der Waals surface area contributed by atoms with Crippen molar-refractivity contribution in [2.24, 2.45) is 0 Å². The Hall–Kier alpha value is -6.24. The van der Waals surface area contributed by atoms with Crippen LogP contribution < -0.4 is 16.2 Å². The highest BCUT2D eigenvalue weighted by Gasteiger charge is 2.41. The zero-order valence-corrected chi connectivity index (χ0v) is 46.6. The lowest BCUT2D eigenvalue weighted by Crippen LogP contribution is -2.42. The SMILES string of the molecule is CC1(C)CCC(C)(C)c2cc3c(cc21)sc1cccc(Nc2ccc4sc5cc6c(cc5c4c2-c2cc4c(sc5ccccc54)c4c2[B]c2cccc5c2C4Cc2cc4ccccc4cc2-5)C(C)(C)CCC6(C)C)c13. The number of thiophene rings is 3. The van der Waals surface area contributed by atoms with Crippen molar-refractivity contribution in [3.8, 4) is 22.3 Å². The molecule has 0 saturated carbocycles. The van der Waals surface area contributed by atoms with Gasteiger partial charge in [-0.25, -0.2) is 0 Å². The first-order valence-electron chi connectivity index (χ1n) is 27.4. The summed E-state index contributed by atoms with van der Waals surface area (Å²) in [7, 11) is 2.60. The molecule has 0 saturated heterocycles. The Bertz CT molecular complexity index is 4530. The number of fused-ring (bicyclic) bond motifs is 17. The van der Waals surface area contributed by atoms with Gasteiger partial charge in [-0.05, 0) is 187 Å². The van der Waals surface area contributed by atoms with Crippen LogP contribution in [0.5, 0.6) is 0 Å². The maximum absolute atomic E-state index is 4.33. The van der Waals surface area contributed by atoms with E-state index >= 15 is 0 Å². The lowest BCUT2D eigenvalue weighted by atomic mass is 9.50. The predicted octanol–water partition coefficient (Wildman–Crippen LogP) is 19.4. The zero-order valence-electron chi connectivity index (χ0n) is 44.2. The average Bonchev–Trinajstić information content (AvgIpc) is 4.09. The fourth-order valence-electron chi connectivity index (χ4n) is 14.8. The van der Waals surface area contributed by atoms with Crippen LogP contribution in [0.15, 0.2) is 140 Å². The first kappa shape index (κ1) is 45.0. The molecule has 1 nitrogen and oxygen atoms in total. The highest BCUT2D eigenvalue weighted by Crippen LogP contribution is 2.56. The van der Waals surface area contributed by atoms with Crippen molar-refractivity contribution in [1.82, 2.24) is 0 Å². The summed E-state index contributed by atoms with van der Waals surface area (Å²) >= 11 is 5.94. The van der Waals surface area contributed by atoms with E-state index in [2.05, 4.69) is 208 Å².